The third kappa shape index (κ3) is 3.51. The predicted octanol–water partition coefficient (Wildman–Crippen LogP) is 3.15. The molecule has 2 aromatic heterocycles. The summed E-state index contributed by atoms with van der Waals surface area (Å²) < 4.78 is 12.7. The molecule has 2 unspecified atom stereocenters. The second-order valence-corrected chi connectivity index (χ2v) is 11.8. The maximum absolute atomic E-state index is 12.7. The van der Waals surface area contributed by atoms with Crippen molar-refractivity contribution in [1.82, 2.24) is 15.0 Å². The zero-order chi connectivity index (χ0) is 21.9. The molecule has 4 heterocycles. The average molecular weight is 474 g/mol. The van der Waals surface area contributed by atoms with E-state index in [4.69, 9.17) is 16.6 Å². The predicted molar refractivity (Wildman–Crippen MR) is 125 cm³/mol. The topological polar surface area (TPSA) is 91.2 Å². The molecular formula is C23H28ClN5O2S. The van der Waals surface area contributed by atoms with Gasteiger partial charge in [-0.2, -0.15) is 0 Å². The van der Waals surface area contributed by atoms with Crippen LogP contribution in [-0.2, 0) is 17.2 Å². The molecule has 2 aliphatic heterocycles. The van der Waals surface area contributed by atoms with Gasteiger partial charge in [-0.05, 0) is 62.0 Å². The van der Waals surface area contributed by atoms with E-state index < -0.39 is 10.8 Å². The summed E-state index contributed by atoms with van der Waals surface area (Å²) in [6.45, 7) is 2.05. The molecule has 1 saturated heterocycles. The van der Waals surface area contributed by atoms with Gasteiger partial charge < -0.3 is 15.3 Å². The Morgan fingerprint density at radius 2 is 1.94 bits per heavy atom. The standard InChI is InChI=1S/C23H28ClN5O2S/c24-18-9-25-21(26-10-18)15-6-16-11-29(12-17(16)7-15)19-8-14-2-5-32(31)20(14)22(27-19)28-23(13-30)3-1-4-23/h8-10,15-17,30H,1-7,11-13H2,(H,27,28)/t15?,16?,17?,32-/m0/s1. The number of nitrogens with one attached hydrogen (secondary N) is 1. The maximum Gasteiger partial charge on any atom is 0.145 e. The van der Waals surface area contributed by atoms with Gasteiger partial charge in [-0.3, -0.25) is 4.21 Å². The van der Waals surface area contributed by atoms with E-state index in [1.807, 2.05) is 0 Å². The highest BCUT2D eigenvalue weighted by Crippen LogP contribution is 2.47. The number of halogens is 1. The minimum atomic E-state index is -1.01. The number of fused-ring (bicyclic) bond motifs is 2. The van der Waals surface area contributed by atoms with E-state index in [0.29, 0.717) is 28.5 Å². The zero-order valence-corrected chi connectivity index (χ0v) is 19.5. The normalized spacial score (nSPS) is 30.1. The Balaban J connectivity index is 1.22. The van der Waals surface area contributed by atoms with Gasteiger partial charge in [0.15, 0.2) is 0 Å². The van der Waals surface area contributed by atoms with Crippen LogP contribution in [-0.4, -0.2) is 55.3 Å². The lowest BCUT2D eigenvalue weighted by molar-refractivity contribution is 0.143. The first kappa shape index (κ1) is 20.8. The molecule has 2 aliphatic carbocycles. The van der Waals surface area contributed by atoms with Gasteiger partial charge in [0.25, 0.3) is 0 Å². The Morgan fingerprint density at radius 1 is 1.22 bits per heavy atom. The second kappa shape index (κ2) is 7.92. The van der Waals surface area contributed by atoms with Gasteiger partial charge in [0.2, 0.25) is 0 Å². The van der Waals surface area contributed by atoms with E-state index in [1.54, 1.807) is 12.4 Å². The maximum atomic E-state index is 12.7. The number of hydrogen-bond acceptors (Lipinski definition) is 7. The number of aliphatic hydroxyl groups is 1. The zero-order valence-electron chi connectivity index (χ0n) is 18.0. The van der Waals surface area contributed by atoms with Gasteiger partial charge in [0, 0.05) is 37.2 Å². The number of rotatable bonds is 5. The summed E-state index contributed by atoms with van der Waals surface area (Å²) in [4.78, 5) is 17.1. The summed E-state index contributed by atoms with van der Waals surface area (Å²) >= 11 is 5.95. The molecule has 2 aromatic rings. The third-order valence-corrected chi connectivity index (χ3v) is 9.58. The van der Waals surface area contributed by atoms with E-state index in [2.05, 4.69) is 26.3 Å². The third-order valence-electron chi connectivity index (χ3n) is 7.90. The molecule has 3 atom stereocenters. The van der Waals surface area contributed by atoms with Gasteiger partial charge in [-0.25, -0.2) is 15.0 Å². The molecule has 0 radical (unpaired) electrons. The van der Waals surface area contributed by atoms with Crippen LogP contribution in [0.25, 0.3) is 0 Å². The highest BCUT2D eigenvalue weighted by molar-refractivity contribution is 7.85. The van der Waals surface area contributed by atoms with Crippen LogP contribution in [0.1, 0.15) is 49.4 Å². The fraction of sp³-hybridized carbons (Fsp3) is 0.609. The van der Waals surface area contributed by atoms with Crippen LogP contribution < -0.4 is 10.2 Å². The van der Waals surface area contributed by atoms with E-state index in [9.17, 15) is 9.32 Å². The first-order chi connectivity index (χ1) is 15.5. The second-order valence-electron chi connectivity index (χ2n) is 9.89. The van der Waals surface area contributed by atoms with E-state index in [-0.39, 0.29) is 12.1 Å². The molecule has 170 valence electrons. The molecular weight excluding hydrogens is 446 g/mol. The Morgan fingerprint density at radius 3 is 2.56 bits per heavy atom. The summed E-state index contributed by atoms with van der Waals surface area (Å²) in [6, 6.07) is 2.15. The van der Waals surface area contributed by atoms with Gasteiger partial charge in [-0.1, -0.05) is 11.6 Å². The number of nitrogens with zero attached hydrogens (tertiary/aromatic N) is 4. The summed E-state index contributed by atoms with van der Waals surface area (Å²) in [5.41, 5.74) is 0.840. The van der Waals surface area contributed by atoms with Crippen molar-refractivity contribution in [3.05, 3.63) is 34.9 Å². The van der Waals surface area contributed by atoms with E-state index in [1.165, 1.54) is 0 Å². The van der Waals surface area contributed by atoms with Crippen molar-refractivity contribution in [3.63, 3.8) is 0 Å². The van der Waals surface area contributed by atoms with Gasteiger partial charge in [0.05, 0.1) is 32.9 Å². The number of hydrogen-bond donors (Lipinski definition) is 2. The molecule has 32 heavy (non-hydrogen) atoms. The summed E-state index contributed by atoms with van der Waals surface area (Å²) in [7, 11) is -1.01. The molecule has 0 bridgehead atoms. The van der Waals surface area contributed by atoms with Gasteiger partial charge in [-0.15, -0.1) is 0 Å². The van der Waals surface area contributed by atoms with Crippen LogP contribution in [0.15, 0.2) is 23.4 Å². The van der Waals surface area contributed by atoms with Crippen LogP contribution in [0.2, 0.25) is 5.02 Å². The number of aliphatic hydroxyl groups excluding tert-OH is 1. The Hall–Kier alpha value is -1.77. The molecule has 0 aromatic carbocycles. The first-order valence-electron chi connectivity index (χ1n) is 11.6. The molecule has 3 fully saturated rings. The largest absolute Gasteiger partial charge is 0.394 e. The number of anilines is 2. The molecule has 9 heteroatoms. The van der Waals surface area contributed by atoms with Crippen LogP contribution in [0.3, 0.4) is 0 Å². The van der Waals surface area contributed by atoms with Gasteiger partial charge >= 0.3 is 0 Å². The Kier molecular flexibility index (Phi) is 5.15. The number of pyridine rings is 1. The quantitative estimate of drug-likeness (QED) is 0.689. The van der Waals surface area contributed by atoms with Crippen molar-refractivity contribution in [1.29, 1.82) is 0 Å². The number of aryl methyl sites for hydroxylation is 1. The smallest absolute Gasteiger partial charge is 0.145 e. The van der Waals surface area contributed by atoms with Crippen LogP contribution >= 0.6 is 11.6 Å². The molecule has 4 aliphatic rings. The Bertz CT molecular complexity index is 1040. The molecule has 7 nitrogen and oxygen atoms in total. The summed E-state index contributed by atoms with van der Waals surface area (Å²) in [5.74, 6) is 4.90. The van der Waals surface area contributed by atoms with Gasteiger partial charge in [0.1, 0.15) is 17.5 Å². The van der Waals surface area contributed by atoms with E-state index >= 15 is 0 Å². The van der Waals surface area contributed by atoms with Crippen LogP contribution in [0.4, 0.5) is 11.6 Å². The van der Waals surface area contributed by atoms with Crippen molar-refractivity contribution >= 4 is 34.0 Å². The minimum Gasteiger partial charge on any atom is -0.394 e. The van der Waals surface area contributed by atoms with Crippen molar-refractivity contribution in [3.8, 4) is 0 Å². The first-order valence-corrected chi connectivity index (χ1v) is 13.3. The average Bonchev–Trinajstić information content (AvgIpc) is 3.44. The molecule has 0 amide bonds. The summed E-state index contributed by atoms with van der Waals surface area (Å²) in [6.07, 6.45) is 9.36. The number of aromatic nitrogens is 3. The van der Waals surface area contributed by atoms with Crippen molar-refractivity contribution in [2.45, 2.75) is 54.9 Å². The lowest BCUT2D eigenvalue weighted by atomic mass is 9.77. The monoisotopic (exact) mass is 473 g/mol. The SMILES string of the molecule is O=[S@]1CCc2cc(N3CC4CC(c5ncc(Cl)cn5)CC4C3)nc(NC3(CO)CCC3)c21. The van der Waals surface area contributed by atoms with Crippen molar-refractivity contribution < 1.29 is 9.32 Å². The fourth-order valence-electron chi connectivity index (χ4n) is 5.97. The molecule has 2 N–H and O–H groups in total. The van der Waals surface area contributed by atoms with Crippen LogP contribution in [0, 0.1) is 11.8 Å². The minimum absolute atomic E-state index is 0.0857. The lowest BCUT2D eigenvalue weighted by Crippen LogP contribution is -2.48. The molecule has 6 rings (SSSR count). The van der Waals surface area contributed by atoms with Crippen LogP contribution in [0.5, 0.6) is 0 Å². The highest BCUT2D eigenvalue weighted by atomic mass is 35.5. The van der Waals surface area contributed by atoms with Crippen molar-refractivity contribution in [2.75, 3.05) is 35.7 Å². The Labute approximate surface area is 195 Å². The fourth-order valence-corrected chi connectivity index (χ4v) is 7.44. The van der Waals surface area contributed by atoms with Crippen molar-refractivity contribution in [2.24, 2.45) is 11.8 Å². The van der Waals surface area contributed by atoms with E-state index in [0.717, 1.165) is 79.5 Å². The molecule has 2 saturated carbocycles. The molecule has 0 spiro atoms. The summed E-state index contributed by atoms with van der Waals surface area (Å²) in [5, 5.41) is 14.0. The lowest BCUT2D eigenvalue weighted by Gasteiger charge is -2.41. The highest BCUT2D eigenvalue weighted by Gasteiger charge is 2.43.